The van der Waals surface area contributed by atoms with Crippen molar-refractivity contribution in [3.63, 3.8) is 0 Å². The number of halogens is 26. The van der Waals surface area contributed by atoms with Gasteiger partial charge in [-0.25, -0.2) is 0 Å². The second-order valence-corrected chi connectivity index (χ2v) is 12.3. The van der Waals surface area contributed by atoms with E-state index >= 15 is 0 Å². The van der Waals surface area contributed by atoms with Crippen LogP contribution in [0.1, 0.15) is 38.5 Å². The summed E-state index contributed by atoms with van der Waals surface area (Å²) in [5.41, 5.74) is 0. The van der Waals surface area contributed by atoms with Gasteiger partial charge in [-0.15, -0.1) is 0 Å². The predicted molar refractivity (Wildman–Crippen MR) is 133 cm³/mol. The van der Waals surface area contributed by atoms with Crippen molar-refractivity contribution in [2.24, 2.45) is 0 Å². The van der Waals surface area contributed by atoms with Crippen LogP contribution in [0.3, 0.4) is 0 Å². The summed E-state index contributed by atoms with van der Waals surface area (Å²) in [6.07, 6.45) is -5.47. The highest BCUT2D eigenvalue weighted by molar-refractivity contribution is 14.1. The van der Waals surface area contributed by atoms with Crippen LogP contribution in [0.15, 0.2) is 24.3 Å². The van der Waals surface area contributed by atoms with Gasteiger partial charge in [0.25, 0.3) is 0 Å². The summed E-state index contributed by atoms with van der Waals surface area (Å²) >= 11 is -1.62. The Morgan fingerprint density at radius 1 is 0.292 bits per heavy atom. The highest BCUT2D eigenvalue weighted by Crippen LogP contribution is 2.63. The van der Waals surface area contributed by atoms with Crippen molar-refractivity contribution >= 4 is 45.2 Å². The first kappa shape index (κ1) is 47.3. The summed E-state index contributed by atoms with van der Waals surface area (Å²) in [6, 6.07) is 0. The van der Waals surface area contributed by atoms with Crippen molar-refractivity contribution in [2.45, 2.75) is 106 Å². The Kier molecular flexibility index (Phi) is 14.1. The van der Waals surface area contributed by atoms with Crippen molar-refractivity contribution in [3.8, 4) is 0 Å². The highest BCUT2D eigenvalue weighted by Gasteiger charge is 2.90. The highest BCUT2D eigenvalue weighted by atomic mass is 127. The predicted octanol–water partition coefficient (Wildman–Crippen LogP) is 12.8. The Morgan fingerprint density at radius 2 is 0.500 bits per heavy atom. The quantitative estimate of drug-likeness (QED) is 0.0398. The van der Waals surface area contributed by atoms with Crippen molar-refractivity contribution in [1.82, 2.24) is 0 Å². The van der Waals surface area contributed by atoms with Crippen LogP contribution in [0, 0.1) is 0 Å². The van der Waals surface area contributed by atoms with Crippen LogP contribution in [0.2, 0.25) is 0 Å². The molecule has 0 aliphatic heterocycles. The molecule has 0 aromatic carbocycles. The summed E-state index contributed by atoms with van der Waals surface area (Å²) < 4.78 is 308. The molecule has 0 aliphatic rings. The Bertz CT molecular complexity index is 1040. The normalized spacial score (nSPS) is 16.5. The van der Waals surface area contributed by atoms with E-state index < -0.39 is 150 Å². The minimum atomic E-state index is -7.77. The molecule has 0 amide bonds. The summed E-state index contributed by atoms with van der Waals surface area (Å²) in [6.45, 7) is 0. The molecule has 0 radical (unpaired) electrons. The Balaban J connectivity index is 5.32. The molecule has 0 N–H and O–H groups in total. The lowest BCUT2D eigenvalue weighted by Crippen LogP contribution is -2.69. The summed E-state index contributed by atoms with van der Waals surface area (Å²) in [7, 11) is 0. The van der Waals surface area contributed by atoms with E-state index in [1.807, 2.05) is 0 Å². The van der Waals surface area contributed by atoms with Crippen LogP contribution in [-0.4, -0.2) is 67.1 Å². The molecule has 0 heterocycles. The van der Waals surface area contributed by atoms with E-state index in [2.05, 4.69) is 0 Å². The average Bonchev–Trinajstić information content (AvgIpc) is 2.87. The van der Waals surface area contributed by atoms with E-state index in [0.717, 1.165) is 0 Å². The third-order valence-electron chi connectivity index (χ3n) is 6.06. The number of unbranched alkanes of at least 4 members (excludes halogenated alkanes) is 5. The van der Waals surface area contributed by atoms with Gasteiger partial charge in [-0.2, -0.15) is 105 Å². The largest absolute Gasteiger partial charge is 0.387 e. The molecule has 26 heteroatoms. The molecular weight excluding hydrogens is 974 g/mol. The lowest BCUT2D eigenvalue weighted by molar-refractivity contribution is -0.408. The maximum absolute atomic E-state index is 13.7. The first-order chi connectivity index (χ1) is 20.7. The molecule has 0 aliphatic carbocycles. The van der Waals surface area contributed by atoms with E-state index in [4.69, 9.17) is 0 Å². The third-order valence-corrected chi connectivity index (χ3v) is 7.42. The monoisotopic (exact) mass is 990 g/mol. The van der Waals surface area contributed by atoms with Crippen molar-refractivity contribution in [1.29, 1.82) is 0 Å². The molecule has 0 nitrogen and oxygen atoms in total. The van der Waals surface area contributed by atoms with Gasteiger partial charge >= 0.3 is 67.1 Å². The number of hydrogen-bond acceptors (Lipinski definition) is 0. The minimum absolute atomic E-state index is 0.0663. The lowest BCUT2D eigenvalue weighted by Gasteiger charge is -2.39. The van der Waals surface area contributed by atoms with Gasteiger partial charge in [0.1, 0.15) is 0 Å². The number of alkyl halides is 26. The van der Waals surface area contributed by atoms with E-state index in [9.17, 15) is 105 Å². The van der Waals surface area contributed by atoms with Crippen molar-refractivity contribution < 1.29 is 105 Å². The Morgan fingerprint density at radius 3 is 0.708 bits per heavy atom. The smallest absolute Gasteiger partial charge is 0.195 e. The fourth-order valence-corrected chi connectivity index (χ4v) is 3.79. The van der Waals surface area contributed by atoms with Crippen molar-refractivity contribution in [3.05, 3.63) is 24.3 Å². The Labute approximate surface area is 280 Å². The third kappa shape index (κ3) is 8.16. The first-order valence-electron chi connectivity index (χ1n) is 12.0. The van der Waals surface area contributed by atoms with Gasteiger partial charge in [0.2, 0.25) is 0 Å². The van der Waals surface area contributed by atoms with Crippen LogP contribution in [0.5, 0.6) is 0 Å². The molecule has 0 aromatic heterocycles. The molecule has 0 saturated heterocycles. The van der Waals surface area contributed by atoms with Crippen LogP contribution in [-0.2, 0) is 0 Å². The van der Waals surface area contributed by atoms with Crippen LogP contribution in [0.4, 0.5) is 105 Å². The van der Waals surface area contributed by atoms with E-state index in [0.29, 0.717) is 0 Å². The maximum Gasteiger partial charge on any atom is 0.387 e. The average molecular weight is 990 g/mol. The van der Waals surface area contributed by atoms with Gasteiger partial charge in [-0.05, 0) is 37.8 Å². The molecule has 0 atom stereocenters. The van der Waals surface area contributed by atoms with Crippen LogP contribution in [0.25, 0.3) is 0 Å². The van der Waals surface area contributed by atoms with Gasteiger partial charge < -0.3 is 0 Å². The minimum Gasteiger partial charge on any atom is -0.195 e. The van der Waals surface area contributed by atoms with Gasteiger partial charge in [0.05, 0.1) is 0 Å². The lowest BCUT2D eigenvalue weighted by atomic mass is 9.94. The standard InChI is InChI=1S/C22H16F24I2/c23-11(24,13(27,28)15(31,32)17(35,36)19(39,40)21(43,44)47)9-7-5-3-1-2-4-6-8-10-12(25,26)14(29,30)16(33,34)18(37,38)20(41,42)22(45,46)48/h7-10H,1-6H2/b9-7+,10-8+. The van der Waals surface area contributed by atoms with E-state index in [-0.39, 0.29) is 25.0 Å². The summed E-state index contributed by atoms with van der Waals surface area (Å²) in [5.74, 6) is -73.0. The summed E-state index contributed by atoms with van der Waals surface area (Å²) in [4.78, 5) is 0. The molecule has 0 saturated carbocycles. The fraction of sp³-hybridized carbons (Fsp3) is 0.818. The number of allylic oxidation sites excluding steroid dienone is 4. The number of rotatable bonds is 19. The molecule has 48 heavy (non-hydrogen) atoms. The zero-order valence-corrected chi connectivity index (χ0v) is 26.7. The van der Waals surface area contributed by atoms with E-state index in [1.54, 1.807) is 0 Å². The van der Waals surface area contributed by atoms with Gasteiger partial charge in [-0.1, -0.05) is 25.0 Å². The topological polar surface area (TPSA) is 0 Å². The molecule has 0 aromatic rings. The molecule has 0 spiro atoms. The van der Waals surface area contributed by atoms with Gasteiger partial charge in [0, 0.05) is 45.2 Å². The molecular formula is C22H16F24I2. The second kappa shape index (κ2) is 14.4. The molecule has 0 bridgehead atoms. The zero-order valence-electron chi connectivity index (χ0n) is 22.4. The van der Waals surface area contributed by atoms with Gasteiger partial charge in [0.15, 0.2) is 0 Å². The molecule has 0 unspecified atom stereocenters. The number of hydrogen-bond donors (Lipinski definition) is 0. The van der Waals surface area contributed by atoms with Crippen molar-refractivity contribution in [2.75, 3.05) is 0 Å². The van der Waals surface area contributed by atoms with E-state index in [1.165, 1.54) is 0 Å². The zero-order chi connectivity index (χ0) is 39.1. The fourth-order valence-electron chi connectivity index (χ4n) is 3.11. The van der Waals surface area contributed by atoms with Crippen LogP contribution >= 0.6 is 45.2 Å². The first-order valence-corrected chi connectivity index (χ1v) is 14.1. The maximum atomic E-state index is 13.7. The Hall–Kier alpha value is -0.740. The molecule has 0 rings (SSSR count). The van der Waals surface area contributed by atoms with Crippen LogP contribution < -0.4 is 0 Å². The molecule has 286 valence electrons. The molecule has 0 fully saturated rings. The SMILES string of the molecule is FC(F)(I)C(F)(F)C(F)(F)C(F)(F)C(F)(F)C(F)(F)/C=C/CCCCCC/C=C/C(F)(F)C(F)(F)C(F)(F)C(F)(F)C(F)(F)C(F)(F)I. The second-order valence-electron chi connectivity index (χ2n) is 9.63. The van der Waals surface area contributed by atoms with Gasteiger partial charge in [-0.3, -0.25) is 0 Å². The summed E-state index contributed by atoms with van der Waals surface area (Å²) in [5, 5.41) is 0.